The molecule has 2 aromatic heterocycles. The number of rotatable bonds is 7. The molecule has 0 aliphatic rings. The zero-order valence-electron chi connectivity index (χ0n) is 17.4. The molecule has 2 heterocycles. The van der Waals surface area contributed by atoms with Crippen LogP contribution in [0.4, 0.5) is 5.69 Å². The summed E-state index contributed by atoms with van der Waals surface area (Å²) >= 11 is 0. The Kier molecular flexibility index (Phi) is 6.32. The van der Waals surface area contributed by atoms with E-state index >= 15 is 0 Å². The highest BCUT2D eigenvalue weighted by atomic mass is 16.2. The van der Waals surface area contributed by atoms with Gasteiger partial charge in [-0.25, -0.2) is 4.98 Å². The van der Waals surface area contributed by atoms with Crippen LogP contribution in [-0.2, 0) is 0 Å². The first-order valence-corrected chi connectivity index (χ1v) is 10.0. The number of carbonyl (C=O) groups excluding carboxylic acids is 2. The van der Waals surface area contributed by atoms with Crippen molar-refractivity contribution < 1.29 is 9.59 Å². The van der Waals surface area contributed by atoms with Gasteiger partial charge in [0.2, 0.25) is 5.82 Å². The molecule has 0 saturated carbocycles. The van der Waals surface area contributed by atoms with Crippen LogP contribution in [0, 0.1) is 5.92 Å². The lowest BCUT2D eigenvalue weighted by Gasteiger charge is -2.08. The van der Waals surface area contributed by atoms with Gasteiger partial charge in [0.05, 0.1) is 5.52 Å². The summed E-state index contributed by atoms with van der Waals surface area (Å²) in [4.78, 5) is 29.8. The maximum atomic E-state index is 12.9. The zero-order chi connectivity index (χ0) is 21.0. The fourth-order valence-electron chi connectivity index (χ4n) is 3.06. The smallest absolute Gasteiger partial charge is 0.292 e. The molecule has 0 radical (unpaired) electrons. The Bertz CT molecular complexity index is 1000. The number of pyridine rings is 1. The molecule has 0 fully saturated rings. The lowest BCUT2D eigenvalue weighted by molar-refractivity contribution is 0.0949. The van der Waals surface area contributed by atoms with E-state index < -0.39 is 0 Å². The summed E-state index contributed by atoms with van der Waals surface area (Å²) in [6.45, 7) is 9.03. The molecule has 0 spiro atoms. The van der Waals surface area contributed by atoms with E-state index in [2.05, 4.69) is 43.3 Å². The van der Waals surface area contributed by atoms with Crippen LogP contribution in [0.3, 0.4) is 0 Å². The second-order valence-corrected chi connectivity index (χ2v) is 7.91. The Labute approximate surface area is 171 Å². The van der Waals surface area contributed by atoms with Gasteiger partial charge >= 0.3 is 0 Å². The molecule has 6 heteroatoms. The molecule has 1 aromatic carbocycles. The van der Waals surface area contributed by atoms with E-state index in [4.69, 9.17) is 0 Å². The van der Waals surface area contributed by atoms with Gasteiger partial charge in [-0.05, 0) is 48.1 Å². The van der Waals surface area contributed by atoms with Crippen molar-refractivity contribution in [3.63, 3.8) is 0 Å². The van der Waals surface area contributed by atoms with Crippen LogP contribution in [0.25, 0.3) is 5.52 Å². The third-order valence-electron chi connectivity index (χ3n) is 4.81. The number of amides is 2. The van der Waals surface area contributed by atoms with Crippen molar-refractivity contribution in [3.05, 3.63) is 65.7 Å². The average molecular weight is 393 g/mol. The largest absolute Gasteiger partial charge is 0.351 e. The molecule has 152 valence electrons. The number of fused-ring (bicyclic) bond motifs is 1. The molecule has 3 aromatic rings. The highest BCUT2D eigenvalue weighted by Crippen LogP contribution is 2.19. The predicted octanol–water partition coefficient (Wildman–Crippen LogP) is 4.49. The predicted molar refractivity (Wildman–Crippen MR) is 115 cm³/mol. The average Bonchev–Trinajstić information content (AvgIpc) is 3.08. The van der Waals surface area contributed by atoms with E-state index in [1.807, 2.05) is 36.4 Å². The highest BCUT2D eigenvalue weighted by Gasteiger charge is 2.21. The fraction of sp³-hybridized carbons (Fsp3) is 0.348. The van der Waals surface area contributed by atoms with Crippen LogP contribution in [-0.4, -0.2) is 27.7 Å². The molecule has 29 heavy (non-hydrogen) atoms. The molecule has 0 atom stereocenters. The molecule has 6 nitrogen and oxygen atoms in total. The molecule has 0 bridgehead atoms. The lowest BCUT2D eigenvalue weighted by Crippen LogP contribution is -2.26. The summed E-state index contributed by atoms with van der Waals surface area (Å²) in [5.74, 6) is 0.479. The van der Waals surface area contributed by atoms with Crippen LogP contribution in [0.15, 0.2) is 48.7 Å². The van der Waals surface area contributed by atoms with Gasteiger partial charge in [0.1, 0.15) is 0 Å². The number of imidazole rings is 1. The minimum atomic E-state index is -0.357. The summed E-state index contributed by atoms with van der Waals surface area (Å²) in [6, 6.07) is 13.2. The minimum Gasteiger partial charge on any atom is -0.351 e. The van der Waals surface area contributed by atoms with E-state index in [-0.39, 0.29) is 23.3 Å². The number of anilines is 1. The molecule has 0 unspecified atom stereocenters. The van der Waals surface area contributed by atoms with Crippen molar-refractivity contribution in [2.75, 3.05) is 11.9 Å². The summed E-state index contributed by atoms with van der Waals surface area (Å²) in [5, 5.41) is 5.77. The number of carbonyl (C=O) groups is 2. The quantitative estimate of drug-likeness (QED) is 0.622. The topological polar surface area (TPSA) is 75.5 Å². The third-order valence-corrected chi connectivity index (χ3v) is 4.81. The molecule has 2 amide bonds. The van der Waals surface area contributed by atoms with E-state index in [0.717, 1.165) is 6.42 Å². The zero-order valence-corrected chi connectivity index (χ0v) is 17.4. The van der Waals surface area contributed by atoms with Gasteiger partial charge in [0, 0.05) is 18.4 Å². The minimum absolute atomic E-state index is 0.183. The maximum Gasteiger partial charge on any atom is 0.292 e. The molecular weight excluding hydrogens is 364 g/mol. The molecule has 3 rings (SSSR count). The molecule has 0 aliphatic heterocycles. The van der Waals surface area contributed by atoms with Gasteiger partial charge in [-0.3, -0.25) is 14.0 Å². The normalized spacial score (nSPS) is 11.2. The fourth-order valence-corrected chi connectivity index (χ4v) is 3.06. The molecule has 2 N–H and O–H groups in total. The third kappa shape index (κ3) is 4.83. The van der Waals surface area contributed by atoms with Crippen LogP contribution < -0.4 is 10.6 Å². The summed E-state index contributed by atoms with van der Waals surface area (Å²) in [6.07, 6.45) is 2.63. The van der Waals surface area contributed by atoms with Gasteiger partial charge in [0.15, 0.2) is 5.69 Å². The number of hydrogen-bond donors (Lipinski definition) is 2. The van der Waals surface area contributed by atoms with Gasteiger partial charge < -0.3 is 10.6 Å². The maximum absolute atomic E-state index is 12.9. The molecular formula is C23H28N4O2. The van der Waals surface area contributed by atoms with Crippen LogP contribution in [0.5, 0.6) is 0 Å². The van der Waals surface area contributed by atoms with E-state index in [1.165, 1.54) is 5.56 Å². The van der Waals surface area contributed by atoms with Crippen molar-refractivity contribution in [3.8, 4) is 0 Å². The Morgan fingerprint density at radius 3 is 2.38 bits per heavy atom. The Hall–Kier alpha value is -3.15. The van der Waals surface area contributed by atoms with Crippen molar-refractivity contribution in [2.45, 2.75) is 40.0 Å². The SMILES string of the molecule is CC(C)CCNC(=O)c1nc(C(=O)Nc2ccc(C(C)C)cc2)n2ccccc12. The van der Waals surface area contributed by atoms with Gasteiger partial charge in [0.25, 0.3) is 11.8 Å². The second kappa shape index (κ2) is 8.90. The lowest BCUT2D eigenvalue weighted by atomic mass is 10.0. The van der Waals surface area contributed by atoms with Crippen LogP contribution in [0.1, 0.15) is 66.7 Å². The van der Waals surface area contributed by atoms with Crippen molar-refractivity contribution in [1.29, 1.82) is 0 Å². The molecule has 0 saturated heterocycles. The number of nitrogens with one attached hydrogen (secondary N) is 2. The van der Waals surface area contributed by atoms with Gasteiger partial charge in [-0.2, -0.15) is 0 Å². The standard InChI is InChI=1S/C23H28N4O2/c1-15(2)12-13-24-22(28)20-19-7-5-6-14-27(19)21(26-20)23(29)25-18-10-8-17(9-11-18)16(3)4/h5-11,14-16H,12-13H2,1-4H3,(H,24,28)(H,25,29). The summed E-state index contributed by atoms with van der Waals surface area (Å²) in [5.41, 5.74) is 2.76. The van der Waals surface area contributed by atoms with Crippen molar-refractivity contribution in [1.82, 2.24) is 14.7 Å². The van der Waals surface area contributed by atoms with Crippen LogP contribution in [0.2, 0.25) is 0 Å². The summed E-state index contributed by atoms with van der Waals surface area (Å²) in [7, 11) is 0. The number of nitrogens with zero attached hydrogens (tertiary/aromatic N) is 2. The summed E-state index contributed by atoms with van der Waals surface area (Å²) < 4.78 is 1.65. The molecule has 0 aliphatic carbocycles. The Morgan fingerprint density at radius 2 is 1.72 bits per heavy atom. The number of aromatic nitrogens is 2. The van der Waals surface area contributed by atoms with E-state index in [1.54, 1.807) is 16.7 Å². The van der Waals surface area contributed by atoms with E-state index in [9.17, 15) is 9.59 Å². The van der Waals surface area contributed by atoms with Crippen molar-refractivity contribution >= 4 is 23.0 Å². The highest BCUT2D eigenvalue weighted by molar-refractivity contribution is 6.06. The van der Waals surface area contributed by atoms with Crippen molar-refractivity contribution in [2.24, 2.45) is 5.92 Å². The number of benzene rings is 1. The first kappa shape index (κ1) is 20.6. The Morgan fingerprint density at radius 1 is 1.00 bits per heavy atom. The van der Waals surface area contributed by atoms with Gasteiger partial charge in [-0.1, -0.05) is 45.9 Å². The number of hydrogen-bond acceptors (Lipinski definition) is 3. The monoisotopic (exact) mass is 392 g/mol. The Balaban J connectivity index is 1.83. The van der Waals surface area contributed by atoms with Gasteiger partial charge in [-0.15, -0.1) is 0 Å². The van der Waals surface area contributed by atoms with Crippen LogP contribution >= 0.6 is 0 Å². The second-order valence-electron chi connectivity index (χ2n) is 7.91. The van der Waals surface area contributed by atoms with E-state index in [0.29, 0.717) is 29.6 Å². The first-order valence-electron chi connectivity index (χ1n) is 10.0. The first-order chi connectivity index (χ1) is 13.9.